The molecule has 1 amide bonds. The van der Waals surface area contributed by atoms with Crippen LogP contribution in [-0.4, -0.2) is 36.8 Å². The molecule has 1 aliphatic heterocycles. The van der Waals surface area contributed by atoms with Gasteiger partial charge in [0.25, 0.3) is 5.69 Å². The largest absolute Gasteiger partial charge is 0.365 e. The van der Waals surface area contributed by atoms with Crippen LogP contribution in [0.5, 0.6) is 0 Å². The Morgan fingerprint density at radius 3 is 2.56 bits per heavy atom. The second-order valence-corrected chi connectivity index (χ2v) is 6.56. The van der Waals surface area contributed by atoms with Crippen molar-refractivity contribution in [1.82, 2.24) is 5.32 Å². The quantitative estimate of drug-likeness (QED) is 0.498. The summed E-state index contributed by atoms with van der Waals surface area (Å²) >= 11 is 0. The summed E-state index contributed by atoms with van der Waals surface area (Å²) < 4.78 is 0. The Kier molecular flexibility index (Phi) is 5.49. The summed E-state index contributed by atoms with van der Waals surface area (Å²) in [4.78, 5) is 37.6. The number of piperidine rings is 1. The number of ketones is 1. The van der Waals surface area contributed by atoms with Crippen LogP contribution in [0.15, 0.2) is 48.5 Å². The summed E-state index contributed by atoms with van der Waals surface area (Å²) in [5.41, 5.74) is 1.08. The number of carbonyl (C=O) groups is 2. The summed E-state index contributed by atoms with van der Waals surface area (Å²) in [5, 5.41) is 14.3. The predicted molar refractivity (Wildman–Crippen MR) is 102 cm³/mol. The number of nitro groups is 1. The molecule has 3 rings (SSSR count). The van der Waals surface area contributed by atoms with E-state index in [1.807, 2.05) is 11.0 Å². The van der Waals surface area contributed by atoms with Crippen molar-refractivity contribution in [3.8, 4) is 0 Å². The van der Waals surface area contributed by atoms with Crippen molar-refractivity contribution in [2.75, 3.05) is 25.0 Å². The third-order valence-corrected chi connectivity index (χ3v) is 4.85. The number of nitrogens with zero attached hydrogens (tertiary/aromatic N) is 2. The number of benzene rings is 2. The van der Waals surface area contributed by atoms with E-state index in [4.69, 9.17) is 0 Å². The van der Waals surface area contributed by atoms with Crippen molar-refractivity contribution in [1.29, 1.82) is 0 Å². The molecule has 0 radical (unpaired) electrons. The molecule has 2 aromatic rings. The fraction of sp³-hybridized carbons (Fsp3) is 0.300. The number of carbonyl (C=O) groups excluding carboxylic acids is 2. The summed E-state index contributed by atoms with van der Waals surface area (Å²) in [6.07, 6.45) is 1.54. The molecule has 1 atom stereocenters. The van der Waals surface area contributed by atoms with Gasteiger partial charge in [-0.1, -0.05) is 30.3 Å². The molecule has 0 aliphatic carbocycles. The van der Waals surface area contributed by atoms with Crippen LogP contribution in [0.3, 0.4) is 0 Å². The predicted octanol–water partition coefficient (Wildman–Crippen LogP) is 2.79. The molecule has 0 bridgehead atoms. The first kappa shape index (κ1) is 18.6. The Balaban J connectivity index is 1.91. The number of nitro benzene ring substituents is 1. The first-order valence-corrected chi connectivity index (χ1v) is 8.86. The van der Waals surface area contributed by atoms with Gasteiger partial charge in [0.1, 0.15) is 5.69 Å². The number of rotatable bonds is 5. The SMILES string of the molecule is CNC(=O)C1CCCN(c2ccc(C(=O)c3ccccc3)cc2[N+](=O)[O-])C1. The Labute approximate surface area is 157 Å². The van der Waals surface area contributed by atoms with Gasteiger partial charge >= 0.3 is 0 Å². The van der Waals surface area contributed by atoms with Crippen LogP contribution in [0.1, 0.15) is 28.8 Å². The van der Waals surface area contributed by atoms with E-state index >= 15 is 0 Å². The van der Waals surface area contributed by atoms with Crippen molar-refractivity contribution in [3.05, 3.63) is 69.8 Å². The molecule has 0 spiro atoms. The number of hydrogen-bond donors (Lipinski definition) is 1. The minimum atomic E-state index is -0.472. The van der Waals surface area contributed by atoms with E-state index in [2.05, 4.69) is 5.32 Å². The Hall–Kier alpha value is -3.22. The van der Waals surface area contributed by atoms with Crippen LogP contribution in [0, 0.1) is 16.0 Å². The molecule has 1 fully saturated rings. The second-order valence-electron chi connectivity index (χ2n) is 6.56. The monoisotopic (exact) mass is 367 g/mol. The Morgan fingerprint density at radius 1 is 1.15 bits per heavy atom. The Bertz CT molecular complexity index is 867. The minimum Gasteiger partial charge on any atom is -0.365 e. The fourth-order valence-electron chi connectivity index (χ4n) is 3.45. The Morgan fingerprint density at radius 2 is 1.89 bits per heavy atom. The number of nitrogens with one attached hydrogen (secondary N) is 1. The number of amides is 1. The van der Waals surface area contributed by atoms with Crippen molar-refractivity contribution in [2.45, 2.75) is 12.8 Å². The van der Waals surface area contributed by atoms with E-state index in [1.54, 1.807) is 43.4 Å². The van der Waals surface area contributed by atoms with Crippen molar-refractivity contribution < 1.29 is 14.5 Å². The lowest BCUT2D eigenvalue weighted by atomic mass is 9.96. The normalized spacial score (nSPS) is 16.6. The van der Waals surface area contributed by atoms with E-state index in [0.717, 1.165) is 12.8 Å². The van der Waals surface area contributed by atoms with Crippen LogP contribution >= 0.6 is 0 Å². The maximum Gasteiger partial charge on any atom is 0.293 e. The van der Waals surface area contributed by atoms with E-state index in [1.165, 1.54) is 6.07 Å². The fourth-order valence-corrected chi connectivity index (χ4v) is 3.45. The van der Waals surface area contributed by atoms with Crippen LogP contribution in [0.2, 0.25) is 0 Å². The van der Waals surface area contributed by atoms with Gasteiger partial charge in [0.15, 0.2) is 5.78 Å². The van der Waals surface area contributed by atoms with Crippen LogP contribution in [0.4, 0.5) is 11.4 Å². The van der Waals surface area contributed by atoms with Crippen LogP contribution < -0.4 is 10.2 Å². The zero-order valence-electron chi connectivity index (χ0n) is 15.1. The molecule has 7 nitrogen and oxygen atoms in total. The molecule has 27 heavy (non-hydrogen) atoms. The van der Waals surface area contributed by atoms with Gasteiger partial charge in [-0.2, -0.15) is 0 Å². The molecular weight excluding hydrogens is 346 g/mol. The van der Waals surface area contributed by atoms with Gasteiger partial charge in [0.05, 0.1) is 10.8 Å². The first-order chi connectivity index (χ1) is 13.0. The third-order valence-electron chi connectivity index (χ3n) is 4.85. The number of hydrogen-bond acceptors (Lipinski definition) is 5. The van der Waals surface area contributed by atoms with Gasteiger partial charge in [0, 0.05) is 37.3 Å². The van der Waals surface area contributed by atoms with Crippen molar-refractivity contribution in [3.63, 3.8) is 0 Å². The molecule has 140 valence electrons. The zero-order chi connectivity index (χ0) is 19.4. The molecule has 1 heterocycles. The zero-order valence-corrected chi connectivity index (χ0v) is 15.1. The highest BCUT2D eigenvalue weighted by Crippen LogP contribution is 2.33. The van der Waals surface area contributed by atoms with Gasteiger partial charge < -0.3 is 10.2 Å². The molecule has 1 unspecified atom stereocenters. The van der Waals surface area contributed by atoms with Gasteiger partial charge in [-0.25, -0.2) is 0 Å². The minimum absolute atomic E-state index is 0.0572. The smallest absolute Gasteiger partial charge is 0.293 e. The van der Waals surface area contributed by atoms with Gasteiger partial charge in [0.2, 0.25) is 5.91 Å². The van der Waals surface area contributed by atoms with Crippen molar-refractivity contribution >= 4 is 23.1 Å². The molecular formula is C20H21N3O4. The van der Waals surface area contributed by atoms with E-state index in [-0.39, 0.29) is 28.9 Å². The highest BCUT2D eigenvalue weighted by atomic mass is 16.6. The van der Waals surface area contributed by atoms with Gasteiger partial charge in [-0.3, -0.25) is 19.7 Å². The summed E-state index contributed by atoms with van der Waals surface area (Å²) in [6.45, 7) is 1.06. The van der Waals surface area contributed by atoms with E-state index < -0.39 is 4.92 Å². The number of anilines is 1. The van der Waals surface area contributed by atoms with E-state index in [9.17, 15) is 19.7 Å². The maximum absolute atomic E-state index is 12.6. The van der Waals surface area contributed by atoms with E-state index in [0.29, 0.717) is 24.3 Å². The average molecular weight is 367 g/mol. The highest BCUT2D eigenvalue weighted by molar-refractivity contribution is 6.09. The molecule has 0 aromatic heterocycles. The molecule has 1 N–H and O–H groups in total. The molecule has 7 heteroatoms. The van der Waals surface area contributed by atoms with Crippen molar-refractivity contribution in [2.24, 2.45) is 5.92 Å². The molecule has 0 saturated carbocycles. The molecule has 1 aliphatic rings. The molecule has 2 aromatic carbocycles. The average Bonchev–Trinajstić information content (AvgIpc) is 2.72. The summed E-state index contributed by atoms with van der Waals surface area (Å²) in [7, 11) is 1.59. The second kappa shape index (κ2) is 7.99. The van der Waals surface area contributed by atoms with Gasteiger partial charge in [-0.05, 0) is 25.0 Å². The summed E-state index contributed by atoms with van der Waals surface area (Å²) in [5.74, 6) is -0.514. The summed E-state index contributed by atoms with van der Waals surface area (Å²) in [6, 6.07) is 13.2. The third kappa shape index (κ3) is 3.97. The molecule has 1 saturated heterocycles. The lowest BCUT2D eigenvalue weighted by Crippen LogP contribution is -2.42. The van der Waals surface area contributed by atoms with Crippen LogP contribution in [-0.2, 0) is 4.79 Å². The lowest BCUT2D eigenvalue weighted by Gasteiger charge is -2.33. The van der Waals surface area contributed by atoms with Crippen LogP contribution in [0.25, 0.3) is 0 Å². The topological polar surface area (TPSA) is 92.6 Å². The highest BCUT2D eigenvalue weighted by Gasteiger charge is 2.29. The standard InChI is InChI=1S/C20H21N3O4/c1-21-20(25)16-8-5-11-22(13-16)17-10-9-15(12-18(17)23(26)27)19(24)14-6-3-2-4-7-14/h2-4,6-7,9-10,12,16H,5,8,11,13H2,1H3,(H,21,25). The van der Waals surface area contributed by atoms with Gasteiger partial charge in [-0.15, -0.1) is 0 Å². The lowest BCUT2D eigenvalue weighted by molar-refractivity contribution is -0.384. The maximum atomic E-state index is 12.6. The first-order valence-electron chi connectivity index (χ1n) is 8.86.